The molecule has 24 heteroatoms. The zero-order chi connectivity index (χ0) is 39.9. The molecule has 5 aliphatic rings. The molecule has 5 aliphatic heterocycles. The summed E-state index contributed by atoms with van der Waals surface area (Å²) in [5.41, 5.74) is 6.56. The molecule has 0 aliphatic carbocycles. The van der Waals surface area contributed by atoms with E-state index in [9.17, 15) is 71.5 Å². The molecule has 0 radical (unpaired) electrons. The first-order chi connectivity index (χ1) is 25.4. The van der Waals surface area contributed by atoms with Gasteiger partial charge < -0.3 is 120 Å². The van der Waals surface area contributed by atoms with E-state index < -0.39 is 173 Å². The lowest BCUT2D eigenvalue weighted by Crippen LogP contribution is -2.70. The molecule has 0 aromatic rings. The number of aliphatic hydroxyl groups is 14. The van der Waals surface area contributed by atoms with Crippen LogP contribution in [0.2, 0.25) is 0 Å². The second kappa shape index (κ2) is 18.3. The number of rotatable bonds is 11. The molecule has 25 atom stereocenters. The van der Waals surface area contributed by atoms with Gasteiger partial charge in [-0.05, 0) is 13.8 Å². The van der Waals surface area contributed by atoms with E-state index in [1.54, 1.807) is 0 Å². The van der Waals surface area contributed by atoms with Crippen molar-refractivity contribution < 1.29 is 114 Å². The van der Waals surface area contributed by atoms with Gasteiger partial charge >= 0.3 is 0 Å². The summed E-state index contributed by atoms with van der Waals surface area (Å²) in [6, 6.07) is -1.65. The molecule has 16 N–H and O–H groups in total. The number of ether oxygens (including phenoxy) is 9. The van der Waals surface area contributed by atoms with Gasteiger partial charge in [0.1, 0.15) is 104 Å². The topological polar surface area (TPSA) is 392 Å². The molecule has 0 bridgehead atoms. The van der Waals surface area contributed by atoms with Gasteiger partial charge in [-0.15, -0.1) is 0 Å². The summed E-state index contributed by atoms with van der Waals surface area (Å²) < 4.78 is 51.4. The van der Waals surface area contributed by atoms with Gasteiger partial charge in [0, 0.05) is 0 Å². The van der Waals surface area contributed by atoms with Crippen LogP contribution in [-0.4, -0.2) is 245 Å². The van der Waals surface area contributed by atoms with Crippen molar-refractivity contribution in [2.24, 2.45) is 5.73 Å². The van der Waals surface area contributed by atoms with Gasteiger partial charge in [-0.1, -0.05) is 0 Å². The van der Waals surface area contributed by atoms with Crippen LogP contribution >= 0.6 is 0 Å². The van der Waals surface area contributed by atoms with E-state index in [2.05, 4.69) is 0 Å². The summed E-state index contributed by atoms with van der Waals surface area (Å²) in [4.78, 5) is 0. The molecule has 15 unspecified atom stereocenters. The average Bonchev–Trinajstić information content (AvgIpc) is 3.15. The highest BCUT2D eigenvalue weighted by atomic mass is 16.8. The van der Waals surface area contributed by atoms with Crippen LogP contribution in [0.1, 0.15) is 13.8 Å². The monoisotopic (exact) mass is 795 g/mol. The van der Waals surface area contributed by atoms with E-state index >= 15 is 0 Å². The Balaban J connectivity index is 1.47. The molecule has 0 aromatic heterocycles. The van der Waals surface area contributed by atoms with E-state index in [1.807, 2.05) is 0 Å². The van der Waals surface area contributed by atoms with Gasteiger partial charge in [-0.2, -0.15) is 0 Å². The molecule has 5 saturated heterocycles. The molecule has 5 heterocycles. The van der Waals surface area contributed by atoms with E-state index in [4.69, 9.17) is 48.4 Å². The third kappa shape index (κ3) is 8.72. The van der Waals surface area contributed by atoms with Gasteiger partial charge in [0.15, 0.2) is 31.5 Å². The van der Waals surface area contributed by atoms with Crippen LogP contribution in [0.25, 0.3) is 0 Å². The third-order valence-corrected chi connectivity index (χ3v) is 10.3. The minimum absolute atomic E-state index is 0.812. The highest BCUT2D eigenvalue weighted by molar-refractivity contribution is 5.00. The Kier molecular flexibility index (Phi) is 15.0. The van der Waals surface area contributed by atoms with Gasteiger partial charge in [0.05, 0.1) is 38.1 Å². The standard InChI is InChI=1S/C30H53NO23/c1-6-12(35)16(39)19(42)28(46-6)52-23-11(31)27(53-24-15(38)9(4-33)48-26(45)21(24)44)50-10(5-34)22(23)51-30-25(18(41)14(37)8(3-32)49-30)54-29-20(43)17(40)13(36)7(2)47-29/h6-30,32-45H,3-5,31H2,1-2H3/t6?,7?,8?,9?,10?,11?,12-,13-,14+,15+,16?,17?,18?,19?,20?,21?,22-,23?,24?,25?,26-,27+,28+,29+,30+/m1/s1. The maximum atomic E-state index is 11.1. The van der Waals surface area contributed by atoms with Gasteiger partial charge in [0.25, 0.3) is 0 Å². The molecule has 0 saturated carbocycles. The number of nitrogens with two attached hydrogens (primary N) is 1. The average molecular weight is 796 g/mol. The first-order valence-corrected chi connectivity index (χ1v) is 17.4. The Labute approximate surface area is 307 Å². The predicted molar refractivity (Wildman–Crippen MR) is 166 cm³/mol. The van der Waals surface area contributed by atoms with Gasteiger partial charge in [0.2, 0.25) is 0 Å². The van der Waals surface area contributed by atoms with Crippen molar-refractivity contribution in [3.63, 3.8) is 0 Å². The van der Waals surface area contributed by atoms with Crippen LogP contribution in [0.15, 0.2) is 0 Å². The first kappa shape index (κ1) is 44.1. The molecular weight excluding hydrogens is 742 g/mol. The normalized spacial score (nSPS) is 54.7. The van der Waals surface area contributed by atoms with Gasteiger partial charge in [-0.25, -0.2) is 0 Å². The molecule has 54 heavy (non-hydrogen) atoms. The molecule has 24 nitrogen and oxygen atoms in total. The summed E-state index contributed by atoms with van der Waals surface area (Å²) in [6.07, 6.45) is -41.1. The molecule has 0 aromatic carbocycles. The highest BCUT2D eigenvalue weighted by Crippen LogP contribution is 2.36. The summed E-state index contributed by atoms with van der Waals surface area (Å²) >= 11 is 0. The zero-order valence-electron chi connectivity index (χ0n) is 29.1. The van der Waals surface area contributed by atoms with Crippen molar-refractivity contribution in [3.05, 3.63) is 0 Å². The summed E-state index contributed by atoms with van der Waals surface area (Å²) in [5, 5.41) is 146. The summed E-state index contributed by atoms with van der Waals surface area (Å²) in [5.74, 6) is 0. The van der Waals surface area contributed by atoms with Crippen molar-refractivity contribution in [2.75, 3.05) is 19.8 Å². The maximum Gasteiger partial charge on any atom is 0.187 e. The molecule has 5 fully saturated rings. The van der Waals surface area contributed by atoms with Crippen LogP contribution in [0.4, 0.5) is 0 Å². The Hall–Kier alpha value is -0.960. The number of hydrogen-bond donors (Lipinski definition) is 15. The van der Waals surface area contributed by atoms with Crippen LogP contribution in [0.5, 0.6) is 0 Å². The van der Waals surface area contributed by atoms with E-state index in [0.29, 0.717) is 0 Å². The first-order valence-electron chi connectivity index (χ1n) is 17.4. The summed E-state index contributed by atoms with van der Waals surface area (Å²) in [7, 11) is 0. The fourth-order valence-electron chi connectivity index (χ4n) is 6.94. The van der Waals surface area contributed by atoms with Crippen molar-refractivity contribution in [3.8, 4) is 0 Å². The minimum atomic E-state index is -1.97. The van der Waals surface area contributed by atoms with Crippen molar-refractivity contribution in [1.82, 2.24) is 0 Å². The predicted octanol–water partition coefficient (Wildman–Crippen LogP) is -9.90. The number of aliphatic hydroxyl groups excluding tert-OH is 14. The SMILES string of the molecule is CC1O[C@@H](OC2C(O)[C@@H](O)C(CO)O[C@H]2O[C@@H]2C(CO)O[C@@H](OC3C(O)[C@H](O)OC(CO)[C@@H]3O)C(N)C2O[C@@H]2OC(C)[C@@H](O)C(O)C2O)C(O)C(O)[C@@H]1O. The Morgan fingerprint density at radius 2 is 0.833 bits per heavy atom. The van der Waals surface area contributed by atoms with Crippen molar-refractivity contribution in [1.29, 1.82) is 0 Å². The Morgan fingerprint density at radius 1 is 0.389 bits per heavy atom. The van der Waals surface area contributed by atoms with Crippen LogP contribution in [0.3, 0.4) is 0 Å². The second-order valence-electron chi connectivity index (χ2n) is 14.0. The van der Waals surface area contributed by atoms with E-state index in [0.717, 1.165) is 0 Å². The second-order valence-corrected chi connectivity index (χ2v) is 14.0. The molecule has 5 rings (SSSR count). The lowest BCUT2D eigenvalue weighted by atomic mass is 9.94. The molecule has 0 amide bonds. The largest absolute Gasteiger partial charge is 0.394 e. The van der Waals surface area contributed by atoms with Crippen LogP contribution < -0.4 is 5.73 Å². The Morgan fingerprint density at radius 3 is 1.35 bits per heavy atom. The van der Waals surface area contributed by atoms with E-state index in [1.165, 1.54) is 13.8 Å². The maximum absolute atomic E-state index is 11.1. The smallest absolute Gasteiger partial charge is 0.187 e. The van der Waals surface area contributed by atoms with Gasteiger partial charge in [-0.3, -0.25) is 0 Å². The minimum Gasteiger partial charge on any atom is -0.394 e. The van der Waals surface area contributed by atoms with Crippen LogP contribution in [0, 0.1) is 0 Å². The molecule has 316 valence electrons. The summed E-state index contributed by atoms with van der Waals surface area (Å²) in [6.45, 7) is 0.0525. The van der Waals surface area contributed by atoms with Crippen LogP contribution in [-0.2, 0) is 42.6 Å². The third-order valence-electron chi connectivity index (χ3n) is 10.3. The van der Waals surface area contributed by atoms with Crippen molar-refractivity contribution >= 4 is 0 Å². The van der Waals surface area contributed by atoms with E-state index in [-0.39, 0.29) is 0 Å². The fourth-order valence-corrected chi connectivity index (χ4v) is 6.94. The molecule has 0 spiro atoms. The lowest BCUT2D eigenvalue weighted by molar-refractivity contribution is -0.397. The fraction of sp³-hybridized carbons (Fsp3) is 1.00. The van der Waals surface area contributed by atoms with Crippen molar-refractivity contribution in [2.45, 2.75) is 167 Å². The highest BCUT2D eigenvalue weighted by Gasteiger charge is 2.57. The number of hydrogen-bond acceptors (Lipinski definition) is 24. The zero-order valence-corrected chi connectivity index (χ0v) is 29.1. The lowest BCUT2D eigenvalue weighted by Gasteiger charge is -2.51. The Bertz CT molecular complexity index is 1180. The quantitative estimate of drug-likeness (QED) is 0.0923. The molecular formula is C30H53NO23.